The number of aliphatic hydroxyl groups excluding tert-OH is 1. The molecule has 1 saturated heterocycles. The lowest BCUT2D eigenvalue weighted by Crippen LogP contribution is -2.29. The highest BCUT2D eigenvalue weighted by atomic mass is 16.5. The van der Waals surface area contributed by atoms with Crippen LogP contribution in [0.5, 0.6) is 11.5 Å². The van der Waals surface area contributed by atoms with Crippen LogP contribution < -0.4 is 14.4 Å². The highest BCUT2D eigenvalue weighted by molar-refractivity contribution is 6.51. The fraction of sp³-hybridized carbons (Fsp3) is 0.129. The zero-order valence-electron chi connectivity index (χ0n) is 20.8. The minimum absolute atomic E-state index is 0.00318. The van der Waals surface area contributed by atoms with Gasteiger partial charge in [-0.1, -0.05) is 36.4 Å². The molecule has 1 unspecified atom stereocenters. The molecule has 0 spiro atoms. The SMILES string of the molecule is CCOc1ccc(/C(O)=C2/C(=O)C(=O)N(c3ccc(OCc4ccccc4)cc3)C2c2cccnc2)cc1. The molecule has 1 atom stereocenters. The Balaban J connectivity index is 1.50. The first-order chi connectivity index (χ1) is 18.6. The summed E-state index contributed by atoms with van der Waals surface area (Å²) in [5, 5.41) is 11.2. The maximum atomic E-state index is 13.3. The number of aromatic nitrogens is 1. The lowest BCUT2D eigenvalue weighted by molar-refractivity contribution is -0.132. The molecule has 1 aliphatic heterocycles. The molecule has 1 aliphatic rings. The van der Waals surface area contributed by atoms with Gasteiger partial charge in [0.05, 0.1) is 18.2 Å². The Hall–Kier alpha value is -4.91. The summed E-state index contributed by atoms with van der Waals surface area (Å²) >= 11 is 0. The lowest BCUT2D eigenvalue weighted by atomic mass is 9.96. The quantitative estimate of drug-likeness (QED) is 0.188. The van der Waals surface area contributed by atoms with Gasteiger partial charge in [0.15, 0.2) is 0 Å². The molecule has 0 aliphatic carbocycles. The monoisotopic (exact) mass is 506 g/mol. The Morgan fingerprint density at radius 3 is 2.21 bits per heavy atom. The number of rotatable bonds is 8. The molecule has 7 heteroatoms. The number of hydrogen-bond donors (Lipinski definition) is 1. The predicted molar refractivity (Wildman–Crippen MR) is 144 cm³/mol. The molecule has 4 aromatic rings. The highest BCUT2D eigenvalue weighted by Crippen LogP contribution is 2.42. The van der Waals surface area contributed by atoms with Crippen LogP contribution in [0, 0.1) is 0 Å². The number of pyridine rings is 1. The van der Waals surface area contributed by atoms with Crippen molar-refractivity contribution in [2.45, 2.75) is 19.6 Å². The average molecular weight is 507 g/mol. The van der Waals surface area contributed by atoms with Gasteiger partial charge >= 0.3 is 0 Å². The van der Waals surface area contributed by atoms with Gasteiger partial charge in [0.1, 0.15) is 23.9 Å². The van der Waals surface area contributed by atoms with Crippen molar-refractivity contribution in [1.29, 1.82) is 0 Å². The number of hydrogen-bond acceptors (Lipinski definition) is 6. The minimum Gasteiger partial charge on any atom is -0.507 e. The molecule has 0 saturated carbocycles. The first-order valence-corrected chi connectivity index (χ1v) is 12.3. The molecule has 7 nitrogen and oxygen atoms in total. The van der Waals surface area contributed by atoms with Crippen LogP contribution in [-0.4, -0.2) is 28.4 Å². The summed E-state index contributed by atoms with van der Waals surface area (Å²) < 4.78 is 11.3. The molecule has 190 valence electrons. The van der Waals surface area contributed by atoms with Gasteiger partial charge in [-0.3, -0.25) is 19.5 Å². The Bertz CT molecular complexity index is 1450. The van der Waals surface area contributed by atoms with E-state index in [1.54, 1.807) is 73.1 Å². The highest BCUT2D eigenvalue weighted by Gasteiger charge is 2.47. The standard InChI is InChI=1S/C31H26N2O5/c1-2-37-25-14-10-22(11-15-25)29(34)27-28(23-9-6-18-32-19-23)33(31(36)30(27)35)24-12-16-26(17-13-24)38-20-21-7-4-3-5-8-21/h3-19,28,34H,2,20H2,1H3/b29-27-. The van der Waals surface area contributed by atoms with Crippen molar-refractivity contribution in [2.75, 3.05) is 11.5 Å². The summed E-state index contributed by atoms with van der Waals surface area (Å²) in [6.07, 6.45) is 3.20. The van der Waals surface area contributed by atoms with Gasteiger partial charge in [-0.25, -0.2) is 0 Å². The summed E-state index contributed by atoms with van der Waals surface area (Å²) in [5.41, 5.74) is 2.54. The van der Waals surface area contributed by atoms with Crippen LogP contribution >= 0.6 is 0 Å². The van der Waals surface area contributed by atoms with Crippen molar-refractivity contribution in [3.05, 3.63) is 126 Å². The van der Waals surface area contributed by atoms with Crippen molar-refractivity contribution in [2.24, 2.45) is 0 Å². The third-order valence-corrected chi connectivity index (χ3v) is 6.25. The second-order valence-electron chi connectivity index (χ2n) is 8.68. The zero-order valence-corrected chi connectivity index (χ0v) is 20.8. The molecule has 0 bridgehead atoms. The second kappa shape index (κ2) is 11.0. The number of Topliss-reactive ketones (excluding diaryl/α,β-unsaturated/α-hetero) is 1. The molecule has 3 aromatic carbocycles. The van der Waals surface area contributed by atoms with E-state index in [1.165, 1.54) is 4.90 Å². The van der Waals surface area contributed by atoms with E-state index in [0.29, 0.717) is 41.5 Å². The number of carbonyl (C=O) groups excluding carboxylic acids is 2. The molecule has 5 rings (SSSR count). The molecule has 1 amide bonds. The maximum Gasteiger partial charge on any atom is 0.300 e. The summed E-state index contributed by atoms with van der Waals surface area (Å²) in [7, 11) is 0. The van der Waals surface area contributed by atoms with E-state index in [9.17, 15) is 14.7 Å². The summed E-state index contributed by atoms with van der Waals surface area (Å²) in [6, 6.07) is 26.2. The van der Waals surface area contributed by atoms with Crippen LogP contribution in [0.1, 0.15) is 29.7 Å². The van der Waals surface area contributed by atoms with Crippen LogP contribution in [0.25, 0.3) is 5.76 Å². The third kappa shape index (κ3) is 4.99. The van der Waals surface area contributed by atoms with Crippen LogP contribution in [0.2, 0.25) is 0 Å². The van der Waals surface area contributed by atoms with Gasteiger partial charge in [-0.2, -0.15) is 0 Å². The van der Waals surface area contributed by atoms with Crippen molar-refractivity contribution in [3.63, 3.8) is 0 Å². The van der Waals surface area contributed by atoms with E-state index >= 15 is 0 Å². The van der Waals surface area contributed by atoms with Gasteiger partial charge in [0.25, 0.3) is 11.7 Å². The largest absolute Gasteiger partial charge is 0.507 e. The molecule has 38 heavy (non-hydrogen) atoms. The van der Waals surface area contributed by atoms with Crippen molar-refractivity contribution in [3.8, 4) is 11.5 Å². The topological polar surface area (TPSA) is 89.0 Å². The van der Waals surface area contributed by atoms with E-state index in [-0.39, 0.29) is 11.3 Å². The number of ketones is 1. The summed E-state index contributed by atoms with van der Waals surface area (Å²) in [4.78, 5) is 32.2. The predicted octanol–water partition coefficient (Wildman–Crippen LogP) is 5.69. The summed E-state index contributed by atoms with van der Waals surface area (Å²) in [6.45, 7) is 2.79. The van der Waals surface area contributed by atoms with E-state index in [0.717, 1.165) is 5.56 Å². The molecule has 2 heterocycles. The van der Waals surface area contributed by atoms with E-state index in [1.807, 2.05) is 37.3 Å². The Morgan fingerprint density at radius 1 is 0.868 bits per heavy atom. The number of anilines is 1. The Labute approximate surface area is 220 Å². The molecular formula is C31H26N2O5. The van der Waals surface area contributed by atoms with Gasteiger partial charge < -0.3 is 14.6 Å². The van der Waals surface area contributed by atoms with Gasteiger partial charge in [0, 0.05) is 23.6 Å². The molecule has 1 aromatic heterocycles. The molecule has 0 radical (unpaired) electrons. The fourth-order valence-electron chi connectivity index (χ4n) is 4.43. The Kier molecular flexibility index (Phi) is 7.17. The van der Waals surface area contributed by atoms with Gasteiger partial charge in [0.2, 0.25) is 0 Å². The van der Waals surface area contributed by atoms with E-state index < -0.39 is 17.7 Å². The molecular weight excluding hydrogens is 480 g/mol. The van der Waals surface area contributed by atoms with E-state index in [4.69, 9.17) is 9.47 Å². The number of amides is 1. The Morgan fingerprint density at radius 2 is 1.55 bits per heavy atom. The van der Waals surface area contributed by atoms with Gasteiger partial charge in [-0.15, -0.1) is 0 Å². The third-order valence-electron chi connectivity index (χ3n) is 6.25. The van der Waals surface area contributed by atoms with Crippen LogP contribution in [-0.2, 0) is 16.2 Å². The minimum atomic E-state index is -0.855. The van der Waals surface area contributed by atoms with Crippen molar-refractivity contribution >= 4 is 23.1 Å². The van der Waals surface area contributed by atoms with E-state index in [2.05, 4.69) is 4.98 Å². The van der Waals surface area contributed by atoms with Crippen molar-refractivity contribution < 1.29 is 24.2 Å². The maximum absolute atomic E-state index is 13.3. The normalized spacial score (nSPS) is 16.4. The first-order valence-electron chi connectivity index (χ1n) is 12.3. The number of ether oxygens (including phenoxy) is 2. The smallest absolute Gasteiger partial charge is 0.300 e. The zero-order chi connectivity index (χ0) is 26.5. The van der Waals surface area contributed by atoms with Gasteiger partial charge in [-0.05, 0) is 72.6 Å². The average Bonchev–Trinajstić information content (AvgIpc) is 3.23. The number of carbonyl (C=O) groups is 2. The fourth-order valence-corrected chi connectivity index (χ4v) is 4.43. The molecule has 1 N–H and O–H groups in total. The summed E-state index contributed by atoms with van der Waals surface area (Å²) in [5.74, 6) is -0.492. The van der Waals surface area contributed by atoms with Crippen LogP contribution in [0.3, 0.4) is 0 Å². The number of aliphatic hydroxyl groups is 1. The number of nitrogens with zero attached hydrogens (tertiary/aromatic N) is 2. The van der Waals surface area contributed by atoms with Crippen molar-refractivity contribution in [1.82, 2.24) is 4.98 Å². The number of benzene rings is 3. The second-order valence-corrected chi connectivity index (χ2v) is 8.68. The lowest BCUT2D eigenvalue weighted by Gasteiger charge is -2.25. The van der Waals surface area contributed by atoms with Crippen LogP contribution in [0.4, 0.5) is 5.69 Å². The molecule has 1 fully saturated rings. The first kappa shape index (κ1) is 24.8. The van der Waals surface area contributed by atoms with Crippen LogP contribution in [0.15, 0.2) is 109 Å².